The molecule has 4 heteroatoms. The van der Waals surface area contributed by atoms with Crippen molar-refractivity contribution in [2.24, 2.45) is 0 Å². The third-order valence-corrected chi connectivity index (χ3v) is 5.03. The number of carbonyl (C=O) groups is 1. The highest BCUT2D eigenvalue weighted by Crippen LogP contribution is 2.23. The van der Waals surface area contributed by atoms with Gasteiger partial charge in [0, 0.05) is 42.5 Å². The lowest BCUT2D eigenvalue weighted by Crippen LogP contribution is -2.48. The molecule has 3 aromatic carbocycles. The van der Waals surface area contributed by atoms with Gasteiger partial charge in [-0.3, -0.25) is 4.79 Å². The van der Waals surface area contributed by atoms with Gasteiger partial charge in [-0.2, -0.15) is 0 Å². The van der Waals surface area contributed by atoms with E-state index in [1.54, 1.807) is 0 Å². The largest absolute Gasteiger partial charge is 0.368 e. The lowest BCUT2D eigenvalue weighted by molar-refractivity contribution is 0.0749. The molecule has 1 aliphatic rings. The second kappa shape index (κ2) is 6.77. The number of hydrogen-bond acceptors (Lipinski definition) is 2. The Hall–Kier alpha value is -2.52. The minimum Gasteiger partial charge on any atom is -0.368 e. The molecule has 0 unspecified atom stereocenters. The molecule has 1 saturated heterocycles. The maximum atomic E-state index is 13.0. The van der Waals surface area contributed by atoms with E-state index in [1.807, 2.05) is 71.6 Å². The van der Waals surface area contributed by atoms with E-state index in [-0.39, 0.29) is 5.91 Å². The number of benzene rings is 3. The lowest BCUT2D eigenvalue weighted by atomic mass is 10.0. The Kier molecular flexibility index (Phi) is 4.33. The van der Waals surface area contributed by atoms with Crippen LogP contribution in [0.25, 0.3) is 10.8 Å². The van der Waals surface area contributed by atoms with E-state index in [0.29, 0.717) is 0 Å². The Morgan fingerprint density at radius 2 is 1.48 bits per heavy atom. The average Bonchev–Trinajstić information content (AvgIpc) is 2.68. The van der Waals surface area contributed by atoms with Gasteiger partial charge in [-0.1, -0.05) is 48.0 Å². The Labute approximate surface area is 152 Å². The zero-order valence-corrected chi connectivity index (χ0v) is 14.6. The Morgan fingerprint density at radius 3 is 2.24 bits per heavy atom. The fraction of sp³-hybridized carbons (Fsp3) is 0.190. The minimum absolute atomic E-state index is 0.118. The van der Waals surface area contributed by atoms with Crippen LogP contribution < -0.4 is 4.90 Å². The maximum absolute atomic E-state index is 13.0. The van der Waals surface area contributed by atoms with E-state index in [4.69, 9.17) is 11.6 Å². The molecule has 0 spiro atoms. The Bertz CT molecular complexity index is 894. The fourth-order valence-corrected chi connectivity index (χ4v) is 3.53. The summed E-state index contributed by atoms with van der Waals surface area (Å²) in [7, 11) is 0. The molecule has 1 heterocycles. The summed E-state index contributed by atoms with van der Waals surface area (Å²) in [6, 6.07) is 21.9. The van der Waals surface area contributed by atoms with Gasteiger partial charge < -0.3 is 9.80 Å². The van der Waals surface area contributed by atoms with Gasteiger partial charge in [-0.05, 0) is 41.1 Å². The van der Waals surface area contributed by atoms with Gasteiger partial charge in [0.05, 0.1) is 0 Å². The van der Waals surface area contributed by atoms with E-state index in [2.05, 4.69) is 4.90 Å². The first-order chi connectivity index (χ1) is 12.2. The Morgan fingerprint density at radius 1 is 0.800 bits per heavy atom. The summed E-state index contributed by atoms with van der Waals surface area (Å²) >= 11 is 5.96. The topological polar surface area (TPSA) is 23.6 Å². The molecule has 1 fully saturated rings. The Balaban J connectivity index is 1.50. The summed E-state index contributed by atoms with van der Waals surface area (Å²) in [5, 5.41) is 2.87. The first-order valence-electron chi connectivity index (χ1n) is 8.50. The lowest BCUT2D eigenvalue weighted by Gasteiger charge is -2.36. The predicted octanol–water partition coefficient (Wildman–Crippen LogP) is 4.46. The summed E-state index contributed by atoms with van der Waals surface area (Å²) in [5.41, 5.74) is 1.94. The van der Waals surface area contributed by atoms with Crippen LogP contribution in [0, 0.1) is 0 Å². The molecule has 126 valence electrons. The molecule has 0 N–H and O–H groups in total. The quantitative estimate of drug-likeness (QED) is 0.681. The van der Waals surface area contributed by atoms with Crippen molar-refractivity contribution < 1.29 is 4.79 Å². The van der Waals surface area contributed by atoms with Crippen molar-refractivity contribution in [2.45, 2.75) is 0 Å². The number of fused-ring (bicyclic) bond motifs is 1. The van der Waals surface area contributed by atoms with Gasteiger partial charge in [-0.15, -0.1) is 0 Å². The smallest absolute Gasteiger partial charge is 0.254 e. The summed E-state index contributed by atoms with van der Waals surface area (Å²) in [6.45, 7) is 3.12. The van der Waals surface area contributed by atoms with Crippen molar-refractivity contribution >= 4 is 34.0 Å². The SMILES string of the molecule is O=C(c1cccc2ccccc12)N1CCN(c2ccc(Cl)cc2)CC1. The monoisotopic (exact) mass is 350 g/mol. The highest BCUT2D eigenvalue weighted by molar-refractivity contribution is 6.30. The molecule has 0 aromatic heterocycles. The first-order valence-corrected chi connectivity index (χ1v) is 8.88. The van der Waals surface area contributed by atoms with Gasteiger partial charge in [0.1, 0.15) is 0 Å². The molecule has 3 nitrogen and oxygen atoms in total. The van der Waals surface area contributed by atoms with Crippen LogP contribution in [0.15, 0.2) is 66.7 Å². The second-order valence-corrected chi connectivity index (χ2v) is 6.72. The van der Waals surface area contributed by atoms with E-state index >= 15 is 0 Å². The highest BCUT2D eigenvalue weighted by Gasteiger charge is 2.23. The van der Waals surface area contributed by atoms with Gasteiger partial charge in [0.25, 0.3) is 5.91 Å². The van der Waals surface area contributed by atoms with Crippen molar-refractivity contribution in [1.82, 2.24) is 4.90 Å². The van der Waals surface area contributed by atoms with Crippen LogP contribution in [-0.4, -0.2) is 37.0 Å². The van der Waals surface area contributed by atoms with Crippen LogP contribution >= 0.6 is 11.6 Å². The van der Waals surface area contributed by atoms with Crippen molar-refractivity contribution in [3.8, 4) is 0 Å². The number of nitrogens with zero attached hydrogens (tertiary/aromatic N) is 2. The number of piperazine rings is 1. The number of hydrogen-bond donors (Lipinski definition) is 0. The third-order valence-electron chi connectivity index (χ3n) is 4.78. The number of halogens is 1. The van der Waals surface area contributed by atoms with Crippen LogP contribution in [0.1, 0.15) is 10.4 Å². The summed E-state index contributed by atoms with van der Waals surface area (Å²) in [6.07, 6.45) is 0. The molecule has 0 atom stereocenters. The normalized spacial score (nSPS) is 14.8. The molecule has 0 bridgehead atoms. The van der Waals surface area contributed by atoms with Crippen LogP contribution in [0.3, 0.4) is 0 Å². The van der Waals surface area contributed by atoms with Crippen molar-refractivity contribution in [2.75, 3.05) is 31.1 Å². The fourth-order valence-electron chi connectivity index (χ4n) is 3.40. The molecule has 1 amide bonds. The van der Waals surface area contributed by atoms with Crippen LogP contribution in [0.4, 0.5) is 5.69 Å². The van der Waals surface area contributed by atoms with Crippen LogP contribution in [-0.2, 0) is 0 Å². The average molecular weight is 351 g/mol. The van der Waals surface area contributed by atoms with Gasteiger partial charge in [0.2, 0.25) is 0 Å². The molecule has 0 saturated carbocycles. The minimum atomic E-state index is 0.118. The van der Waals surface area contributed by atoms with Gasteiger partial charge in [-0.25, -0.2) is 0 Å². The number of anilines is 1. The molecule has 0 aliphatic carbocycles. The van der Waals surface area contributed by atoms with Crippen molar-refractivity contribution in [1.29, 1.82) is 0 Å². The second-order valence-electron chi connectivity index (χ2n) is 6.28. The van der Waals surface area contributed by atoms with Gasteiger partial charge >= 0.3 is 0 Å². The van der Waals surface area contributed by atoms with Crippen LogP contribution in [0.2, 0.25) is 5.02 Å². The summed E-state index contributed by atoms with van der Waals surface area (Å²) < 4.78 is 0. The molecule has 4 rings (SSSR count). The third kappa shape index (κ3) is 3.20. The molecule has 0 radical (unpaired) electrons. The molecule has 1 aliphatic heterocycles. The highest BCUT2D eigenvalue weighted by atomic mass is 35.5. The summed E-state index contributed by atoms with van der Waals surface area (Å²) in [5.74, 6) is 0.118. The van der Waals surface area contributed by atoms with E-state index < -0.39 is 0 Å². The zero-order chi connectivity index (χ0) is 17.2. The molecule has 3 aromatic rings. The number of amides is 1. The molecular formula is C21H19ClN2O. The van der Waals surface area contributed by atoms with Crippen molar-refractivity contribution in [3.05, 3.63) is 77.3 Å². The number of rotatable bonds is 2. The number of carbonyl (C=O) groups excluding carboxylic acids is 1. The van der Waals surface area contributed by atoms with E-state index in [9.17, 15) is 4.79 Å². The first kappa shape index (κ1) is 16.0. The van der Waals surface area contributed by atoms with E-state index in [1.165, 1.54) is 0 Å². The predicted molar refractivity (Wildman–Crippen MR) is 104 cm³/mol. The molecular weight excluding hydrogens is 332 g/mol. The maximum Gasteiger partial charge on any atom is 0.254 e. The van der Waals surface area contributed by atoms with Crippen molar-refractivity contribution in [3.63, 3.8) is 0 Å². The van der Waals surface area contributed by atoms with E-state index in [0.717, 1.165) is 53.2 Å². The van der Waals surface area contributed by atoms with Crippen LogP contribution in [0.5, 0.6) is 0 Å². The van der Waals surface area contributed by atoms with Gasteiger partial charge in [0.15, 0.2) is 0 Å². The summed E-state index contributed by atoms with van der Waals surface area (Å²) in [4.78, 5) is 17.2. The molecule has 25 heavy (non-hydrogen) atoms. The standard InChI is InChI=1S/C21H19ClN2O/c22-17-8-10-18(11-9-17)23-12-14-24(15-13-23)21(25)20-7-3-5-16-4-1-2-6-19(16)20/h1-11H,12-15H2. The zero-order valence-electron chi connectivity index (χ0n) is 13.9.